The van der Waals surface area contributed by atoms with Gasteiger partial charge in [0.2, 0.25) is 0 Å². The van der Waals surface area contributed by atoms with Gasteiger partial charge in [0, 0.05) is 11.4 Å². The minimum absolute atomic E-state index is 0.00381. The zero-order chi connectivity index (χ0) is 24.5. The van der Waals surface area contributed by atoms with Gasteiger partial charge in [-0.05, 0) is 36.4 Å². The van der Waals surface area contributed by atoms with E-state index in [1.807, 2.05) is 24.3 Å². The van der Waals surface area contributed by atoms with Crippen molar-refractivity contribution in [2.24, 2.45) is 0 Å². The second kappa shape index (κ2) is 11.3. The van der Waals surface area contributed by atoms with Crippen molar-refractivity contribution < 1.29 is 10.2 Å². The molecule has 0 amide bonds. The van der Waals surface area contributed by atoms with Crippen LogP contribution in [0.25, 0.3) is 11.5 Å². The number of pyridine rings is 1. The molecule has 1 heterocycles. The molecule has 2 aromatic carbocycles. The van der Waals surface area contributed by atoms with Crippen LogP contribution < -0.4 is 10.6 Å². The Balaban J connectivity index is 1.92. The lowest BCUT2D eigenvalue weighted by Crippen LogP contribution is -2.14. The van der Waals surface area contributed by atoms with Gasteiger partial charge in [0.1, 0.15) is 44.6 Å². The lowest BCUT2D eigenvalue weighted by Gasteiger charge is -2.11. The summed E-state index contributed by atoms with van der Waals surface area (Å²) in [6.07, 6.45) is 0. The Kier molecular flexibility index (Phi) is 8.03. The van der Waals surface area contributed by atoms with Gasteiger partial charge in [-0.3, -0.25) is 0 Å². The highest BCUT2D eigenvalue weighted by atomic mass is 32.1. The molecule has 0 bridgehead atoms. The first kappa shape index (κ1) is 24.1. The number of nitrogens with zero attached hydrogens (tertiary/aromatic N) is 3. The molecule has 1 aromatic heterocycles. The quantitative estimate of drug-likeness (QED) is 0.155. The van der Waals surface area contributed by atoms with E-state index in [0.717, 1.165) is 0 Å². The number of hydrogen-bond acceptors (Lipinski definition) is 7. The number of anilines is 2. The van der Waals surface area contributed by atoms with E-state index in [-0.39, 0.29) is 32.5 Å². The smallest absolute Gasteiger partial charge is 0.162 e. The van der Waals surface area contributed by atoms with Gasteiger partial charge in [-0.25, -0.2) is 4.98 Å². The number of para-hydroxylation sites is 2. The van der Waals surface area contributed by atoms with E-state index < -0.39 is 11.5 Å². The lowest BCUT2D eigenvalue weighted by atomic mass is 10.1. The van der Waals surface area contributed by atoms with Crippen LogP contribution >= 0.6 is 24.4 Å². The number of aromatic nitrogens is 1. The molecule has 0 spiro atoms. The Bertz CT molecular complexity index is 1270. The van der Waals surface area contributed by atoms with Crippen LogP contribution in [0, 0.1) is 22.7 Å². The van der Waals surface area contributed by atoms with Crippen LogP contribution in [0.15, 0.2) is 90.0 Å². The Morgan fingerprint density at radius 1 is 0.647 bits per heavy atom. The van der Waals surface area contributed by atoms with E-state index in [4.69, 9.17) is 24.4 Å². The molecule has 3 aromatic rings. The van der Waals surface area contributed by atoms with E-state index in [1.54, 1.807) is 48.5 Å². The molecule has 0 saturated carbocycles. The number of benzene rings is 2. The lowest BCUT2D eigenvalue weighted by molar-refractivity contribution is 0.501. The second-order valence-electron chi connectivity index (χ2n) is 6.72. The molecule has 4 N–H and O–H groups in total. The van der Waals surface area contributed by atoms with Gasteiger partial charge in [-0.15, -0.1) is 0 Å². The summed E-state index contributed by atoms with van der Waals surface area (Å²) in [6.45, 7) is 0. The standard InChI is InChI=1S/C25H17N5O2S2/c26-14-18(24(33)28-16-8-3-1-4-9-16)22(31)20-12-7-13-21(30-20)23(32)19(15-27)25(34)29-17-10-5-2-6-11-17/h1-13,31-32H,(H,28,33)(H,29,34)/b22-18-,23-19-. The third kappa shape index (κ3) is 5.81. The maximum atomic E-state index is 10.7. The Labute approximate surface area is 206 Å². The third-order valence-electron chi connectivity index (χ3n) is 4.45. The van der Waals surface area contributed by atoms with Crippen LogP contribution in [0.2, 0.25) is 0 Å². The maximum Gasteiger partial charge on any atom is 0.162 e. The molecule has 34 heavy (non-hydrogen) atoms. The maximum absolute atomic E-state index is 10.7. The monoisotopic (exact) mass is 483 g/mol. The van der Waals surface area contributed by atoms with E-state index in [9.17, 15) is 20.7 Å². The number of thiocarbonyl (C=S) groups is 2. The molecule has 3 rings (SSSR count). The van der Waals surface area contributed by atoms with Crippen molar-refractivity contribution in [1.82, 2.24) is 4.98 Å². The second-order valence-corrected chi connectivity index (χ2v) is 7.54. The molecule has 0 aliphatic carbocycles. The summed E-state index contributed by atoms with van der Waals surface area (Å²) in [5.74, 6) is -0.955. The molecule has 0 aliphatic heterocycles. The van der Waals surface area contributed by atoms with Crippen LogP contribution in [0.1, 0.15) is 11.4 Å². The van der Waals surface area contributed by atoms with Gasteiger partial charge in [0.05, 0.1) is 0 Å². The summed E-state index contributed by atoms with van der Waals surface area (Å²) in [5.41, 5.74) is 0.860. The average molecular weight is 484 g/mol. The van der Waals surface area contributed by atoms with Gasteiger partial charge in [0.25, 0.3) is 0 Å². The number of hydrogen-bond donors (Lipinski definition) is 4. The highest BCUT2D eigenvalue weighted by molar-refractivity contribution is 7.81. The zero-order valence-corrected chi connectivity index (χ0v) is 19.2. The molecular formula is C25H17N5O2S2. The van der Waals surface area contributed by atoms with Crippen LogP contribution in [0.4, 0.5) is 11.4 Å². The summed E-state index contributed by atoms with van der Waals surface area (Å²) in [4.78, 5) is 4.20. The van der Waals surface area contributed by atoms with Gasteiger partial charge < -0.3 is 20.8 Å². The van der Waals surface area contributed by atoms with Crippen LogP contribution in [0.5, 0.6) is 0 Å². The number of nitriles is 2. The van der Waals surface area contributed by atoms with Crippen molar-refractivity contribution >= 4 is 57.3 Å². The van der Waals surface area contributed by atoms with Crippen molar-refractivity contribution in [2.45, 2.75) is 0 Å². The van der Waals surface area contributed by atoms with Crippen LogP contribution in [0.3, 0.4) is 0 Å². The van der Waals surface area contributed by atoms with Crippen molar-refractivity contribution in [2.75, 3.05) is 10.6 Å². The van der Waals surface area contributed by atoms with Gasteiger partial charge in [-0.2, -0.15) is 10.5 Å². The Hall–Kier alpha value is -4.57. The first-order chi connectivity index (χ1) is 16.4. The molecule has 0 atom stereocenters. The van der Waals surface area contributed by atoms with E-state index in [0.29, 0.717) is 11.4 Å². The molecule has 7 nitrogen and oxygen atoms in total. The Morgan fingerprint density at radius 2 is 1.03 bits per heavy atom. The fourth-order valence-electron chi connectivity index (χ4n) is 2.81. The fourth-order valence-corrected chi connectivity index (χ4v) is 3.33. The zero-order valence-electron chi connectivity index (χ0n) is 17.6. The van der Waals surface area contributed by atoms with E-state index >= 15 is 0 Å². The van der Waals surface area contributed by atoms with Gasteiger partial charge in [-0.1, -0.05) is 66.9 Å². The summed E-state index contributed by atoms with van der Waals surface area (Å²) >= 11 is 10.5. The molecule has 0 aliphatic rings. The molecule has 0 fully saturated rings. The largest absolute Gasteiger partial charge is 0.504 e. The fraction of sp³-hybridized carbons (Fsp3) is 0. The molecule has 9 heteroatoms. The van der Waals surface area contributed by atoms with Crippen molar-refractivity contribution in [3.63, 3.8) is 0 Å². The predicted octanol–water partition coefficient (Wildman–Crippen LogP) is 5.55. The van der Waals surface area contributed by atoms with E-state index in [1.165, 1.54) is 18.2 Å². The minimum atomic E-state index is -0.478. The first-order valence-corrected chi connectivity index (χ1v) is 10.6. The Morgan fingerprint density at radius 3 is 1.38 bits per heavy atom. The SMILES string of the molecule is N#C/C(C(=S)Nc1ccccc1)=C(/O)c1cccc(/C(O)=C(\C#N)C(=S)Nc2ccccc2)n1. The molecule has 0 radical (unpaired) electrons. The van der Waals surface area contributed by atoms with E-state index in [2.05, 4.69) is 15.6 Å². The number of rotatable bonds is 6. The topological polar surface area (TPSA) is 125 Å². The number of aliphatic hydroxyl groups is 2. The van der Waals surface area contributed by atoms with Crippen molar-refractivity contribution in [1.29, 1.82) is 10.5 Å². The van der Waals surface area contributed by atoms with Crippen LogP contribution in [-0.4, -0.2) is 25.2 Å². The minimum Gasteiger partial charge on any atom is -0.504 e. The first-order valence-electron chi connectivity index (χ1n) is 9.82. The third-order valence-corrected chi connectivity index (χ3v) is 5.06. The summed E-state index contributed by atoms with van der Waals surface area (Å²) in [7, 11) is 0. The molecular weight excluding hydrogens is 466 g/mol. The van der Waals surface area contributed by atoms with Gasteiger partial charge >= 0.3 is 0 Å². The normalized spacial score (nSPS) is 11.7. The van der Waals surface area contributed by atoms with Gasteiger partial charge in [0.15, 0.2) is 11.5 Å². The highest BCUT2D eigenvalue weighted by Crippen LogP contribution is 2.21. The predicted molar refractivity (Wildman–Crippen MR) is 140 cm³/mol. The van der Waals surface area contributed by atoms with Crippen LogP contribution in [-0.2, 0) is 0 Å². The highest BCUT2D eigenvalue weighted by Gasteiger charge is 2.18. The molecule has 0 unspecified atom stereocenters. The molecule has 0 saturated heterocycles. The summed E-state index contributed by atoms with van der Waals surface area (Å²) < 4.78 is 0. The summed E-state index contributed by atoms with van der Waals surface area (Å²) in [6, 6.07) is 26.0. The molecule has 166 valence electrons. The van der Waals surface area contributed by atoms with Crippen molar-refractivity contribution in [3.05, 3.63) is 101 Å². The number of aliphatic hydroxyl groups excluding tert-OH is 2. The number of nitrogens with one attached hydrogen (secondary N) is 2. The summed E-state index contributed by atoms with van der Waals surface area (Å²) in [5, 5.41) is 46.3. The average Bonchev–Trinajstić information content (AvgIpc) is 2.86. The van der Waals surface area contributed by atoms with Crippen molar-refractivity contribution in [3.8, 4) is 12.1 Å².